The Kier molecular flexibility index (Phi) is 4.70. The number of aliphatic hydroxyl groups is 3. The molecule has 4 atom stereocenters. The van der Waals surface area contributed by atoms with Gasteiger partial charge in [0.1, 0.15) is 29.8 Å². The molecule has 29 heavy (non-hydrogen) atoms. The van der Waals surface area contributed by atoms with Gasteiger partial charge in [0.05, 0.1) is 13.4 Å². The van der Waals surface area contributed by atoms with E-state index in [-0.39, 0.29) is 22.9 Å². The Balaban J connectivity index is 1.64. The summed E-state index contributed by atoms with van der Waals surface area (Å²) in [6.07, 6.45) is -2.51. The molecule has 1 aliphatic rings. The quantitative estimate of drug-likeness (QED) is 0.376. The van der Waals surface area contributed by atoms with Crippen molar-refractivity contribution in [2.45, 2.75) is 24.5 Å². The first kappa shape index (κ1) is 18.9. The summed E-state index contributed by atoms with van der Waals surface area (Å²) in [6, 6.07) is 6.86. The lowest BCUT2D eigenvalue weighted by molar-refractivity contribution is -0.0336. The predicted octanol–water partition coefficient (Wildman–Crippen LogP) is -0.0713. The number of imidazole rings is 1. The van der Waals surface area contributed by atoms with Crippen LogP contribution in [-0.2, 0) is 4.74 Å². The molecule has 0 aliphatic carbocycles. The molecular weight excluding hydrogens is 382 g/mol. The van der Waals surface area contributed by atoms with Crippen LogP contribution in [-0.4, -0.2) is 60.3 Å². The zero-order valence-electron chi connectivity index (χ0n) is 15.3. The molecule has 152 valence electrons. The SMILES string of the molecule is COc1ccc(C=C(O)[C@H]2O[C@@H](n3cnc4c(=O)[nH]c(N)nc43)[C@H](O)[C@@H]2O)cc1. The van der Waals surface area contributed by atoms with Crippen molar-refractivity contribution in [3.63, 3.8) is 0 Å². The lowest BCUT2D eigenvalue weighted by Gasteiger charge is -2.16. The number of aromatic amines is 1. The van der Waals surface area contributed by atoms with E-state index in [2.05, 4.69) is 15.0 Å². The zero-order valence-corrected chi connectivity index (χ0v) is 15.3. The van der Waals surface area contributed by atoms with E-state index in [0.29, 0.717) is 11.3 Å². The highest BCUT2D eigenvalue weighted by Gasteiger charge is 2.46. The Bertz CT molecular complexity index is 1120. The standard InChI is InChI=1S/C18H19N5O6/c1-28-9-4-2-8(3-5-9)6-10(24)14-12(25)13(26)17(29-14)23-7-20-11-15(23)21-18(19)22-16(11)27/h2-7,12-14,17,24-26H,1H3,(H3,19,21,22,27)/t12-,13+,14+,17+/m0/s1. The summed E-state index contributed by atoms with van der Waals surface area (Å²) in [5.74, 6) is 0.248. The molecule has 0 amide bonds. The number of rotatable bonds is 4. The van der Waals surface area contributed by atoms with Gasteiger partial charge >= 0.3 is 0 Å². The number of H-pyrrole nitrogens is 1. The van der Waals surface area contributed by atoms with E-state index in [0.717, 1.165) is 0 Å². The smallest absolute Gasteiger partial charge is 0.280 e. The maximum Gasteiger partial charge on any atom is 0.280 e. The number of ether oxygens (including phenoxy) is 2. The lowest BCUT2D eigenvalue weighted by atomic mass is 10.1. The molecule has 3 heterocycles. The molecule has 1 aliphatic heterocycles. The van der Waals surface area contributed by atoms with Crippen LogP contribution in [0.5, 0.6) is 5.75 Å². The Labute approximate surface area is 163 Å². The second-order valence-electron chi connectivity index (χ2n) is 6.55. The van der Waals surface area contributed by atoms with Gasteiger partial charge in [0.15, 0.2) is 17.4 Å². The molecule has 1 fully saturated rings. The highest BCUT2D eigenvalue weighted by Crippen LogP contribution is 2.34. The molecule has 1 aromatic carbocycles. The minimum atomic E-state index is -1.42. The van der Waals surface area contributed by atoms with Gasteiger partial charge in [-0.1, -0.05) is 12.1 Å². The number of nitrogens with one attached hydrogen (secondary N) is 1. The highest BCUT2D eigenvalue weighted by atomic mass is 16.6. The van der Waals surface area contributed by atoms with Crippen molar-refractivity contribution in [3.05, 3.63) is 52.3 Å². The number of anilines is 1. The van der Waals surface area contributed by atoms with Crippen LogP contribution in [0, 0.1) is 0 Å². The zero-order chi connectivity index (χ0) is 20.7. The van der Waals surface area contributed by atoms with Gasteiger partial charge in [-0.2, -0.15) is 4.98 Å². The number of nitrogens with zero attached hydrogens (tertiary/aromatic N) is 3. The maximum absolute atomic E-state index is 11.9. The van der Waals surface area contributed by atoms with Gasteiger partial charge in [0.2, 0.25) is 5.95 Å². The molecule has 3 aromatic rings. The van der Waals surface area contributed by atoms with Crippen molar-refractivity contribution in [2.75, 3.05) is 12.8 Å². The second-order valence-corrected chi connectivity index (χ2v) is 6.55. The predicted molar refractivity (Wildman–Crippen MR) is 102 cm³/mol. The van der Waals surface area contributed by atoms with E-state index in [1.54, 1.807) is 31.4 Å². The number of nitrogen functional groups attached to an aromatic ring is 1. The fraction of sp³-hybridized carbons (Fsp3) is 0.278. The van der Waals surface area contributed by atoms with E-state index < -0.39 is 30.1 Å². The van der Waals surface area contributed by atoms with Gasteiger partial charge < -0.3 is 30.5 Å². The minimum absolute atomic E-state index is 0.00550. The van der Waals surface area contributed by atoms with E-state index >= 15 is 0 Å². The Morgan fingerprint density at radius 2 is 2.03 bits per heavy atom. The van der Waals surface area contributed by atoms with Crippen LogP contribution in [0.3, 0.4) is 0 Å². The second kappa shape index (κ2) is 7.20. The Hall–Kier alpha value is -3.41. The lowest BCUT2D eigenvalue weighted by Crippen LogP contribution is -2.32. The highest BCUT2D eigenvalue weighted by molar-refractivity contribution is 5.70. The molecule has 2 aromatic heterocycles. The Morgan fingerprint density at radius 1 is 1.31 bits per heavy atom. The normalized spacial score (nSPS) is 24.9. The van der Waals surface area contributed by atoms with Crippen LogP contribution < -0.4 is 16.0 Å². The van der Waals surface area contributed by atoms with Gasteiger partial charge in [-0.25, -0.2) is 4.98 Å². The van der Waals surface area contributed by atoms with Gasteiger partial charge in [-0.15, -0.1) is 0 Å². The molecule has 6 N–H and O–H groups in total. The average molecular weight is 401 g/mol. The van der Waals surface area contributed by atoms with Crippen molar-refractivity contribution in [1.82, 2.24) is 19.5 Å². The molecule has 0 unspecified atom stereocenters. The summed E-state index contributed by atoms with van der Waals surface area (Å²) in [5.41, 5.74) is 5.77. The van der Waals surface area contributed by atoms with E-state index in [9.17, 15) is 20.1 Å². The van der Waals surface area contributed by atoms with E-state index in [1.165, 1.54) is 17.0 Å². The number of methoxy groups -OCH3 is 1. The first-order valence-corrected chi connectivity index (χ1v) is 8.67. The first-order chi connectivity index (χ1) is 13.9. The molecule has 0 saturated carbocycles. The number of hydrogen-bond donors (Lipinski definition) is 5. The molecular formula is C18H19N5O6. The van der Waals surface area contributed by atoms with E-state index in [4.69, 9.17) is 15.2 Å². The number of benzene rings is 1. The third-order valence-electron chi connectivity index (χ3n) is 4.68. The number of aliphatic hydroxyl groups excluding tert-OH is 3. The topological polar surface area (TPSA) is 169 Å². The average Bonchev–Trinajstić information content (AvgIpc) is 3.24. The molecule has 11 heteroatoms. The number of fused-ring (bicyclic) bond motifs is 1. The van der Waals surface area contributed by atoms with Crippen LogP contribution in [0.4, 0.5) is 5.95 Å². The summed E-state index contributed by atoms with van der Waals surface area (Å²) < 4.78 is 12.1. The van der Waals surface area contributed by atoms with Crippen molar-refractivity contribution in [1.29, 1.82) is 0 Å². The van der Waals surface area contributed by atoms with Gasteiger partial charge in [0, 0.05) is 0 Å². The molecule has 11 nitrogen and oxygen atoms in total. The number of hydrogen-bond acceptors (Lipinski definition) is 9. The Morgan fingerprint density at radius 3 is 2.72 bits per heavy atom. The number of aromatic nitrogens is 4. The van der Waals surface area contributed by atoms with Crippen molar-refractivity contribution in [2.24, 2.45) is 0 Å². The largest absolute Gasteiger partial charge is 0.509 e. The minimum Gasteiger partial charge on any atom is -0.509 e. The molecule has 1 saturated heterocycles. The third-order valence-corrected chi connectivity index (χ3v) is 4.68. The fourth-order valence-electron chi connectivity index (χ4n) is 3.22. The monoisotopic (exact) mass is 401 g/mol. The number of nitrogens with two attached hydrogens (primary N) is 1. The van der Waals surface area contributed by atoms with Crippen LogP contribution in [0.15, 0.2) is 41.1 Å². The molecule has 0 spiro atoms. The summed E-state index contributed by atoms with van der Waals surface area (Å²) in [5, 5.41) is 31.3. The van der Waals surface area contributed by atoms with E-state index in [1.807, 2.05) is 0 Å². The first-order valence-electron chi connectivity index (χ1n) is 8.67. The van der Waals surface area contributed by atoms with Crippen LogP contribution in [0.1, 0.15) is 11.8 Å². The van der Waals surface area contributed by atoms with Crippen molar-refractivity contribution < 1.29 is 24.8 Å². The van der Waals surface area contributed by atoms with Crippen molar-refractivity contribution in [3.8, 4) is 5.75 Å². The van der Waals surface area contributed by atoms with Gasteiger partial charge in [-0.05, 0) is 23.8 Å². The van der Waals surface area contributed by atoms with Crippen molar-refractivity contribution >= 4 is 23.2 Å². The molecule has 0 radical (unpaired) electrons. The summed E-state index contributed by atoms with van der Waals surface area (Å²) in [6.45, 7) is 0. The molecule has 0 bridgehead atoms. The maximum atomic E-state index is 11.9. The fourth-order valence-corrected chi connectivity index (χ4v) is 3.22. The van der Waals surface area contributed by atoms with Gasteiger partial charge in [-0.3, -0.25) is 14.3 Å². The summed E-state index contributed by atoms with van der Waals surface area (Å²) in [4.78, 5) is 22.2. The third kappa shape index (κ3) is 3.31. The van der Waals surface area contributed by atoms with Crippen LogP contribution in [0.2, 0.25) is 0 Å². The molecule has 4 rings (SSSR count). The van der Waals surface area contributed by atoms with Gasteiger partial charge in [0.25, 0.3) is 5.56 Å². The summed E-state index contributed by atoms with van der Waals surface area (Å²) in [7, 11) is 1.54. The van der Waals surface area contributed by atoms with Crippen LogP contribution in [0.25, 0.3) is 17.2 Å². The summed E-state index contributed by atoms with van der Waals surface area (Å²) >= 11 is 0. The van der Waals surface area contributed by atoms with Crippen LogP contribution >= 0.6 is 0 Å².